The van der Waals surface area contributed by atoms with Crippen LogP contribution in [-0.4, -0.2) is 16.1 Å². The predicted molar refractivity (Wildman–Crippen MR) is 73.5 cm³/mol. The lowest BCUT2D eigenvalue weighted by molar-refractivity contribution is 0.102. The molecule has 0 radical (unpaired) electrons. The third-order valence-electron chi connectivity index (χ3n) is 2.87. The molecule has 0 spiro atoms. The highest BCUT2D eigenvalue weighted by atomic mass is 16.3. The van der Waals surface area contributed by atoms with Gasteiger partial charge in [-0.1, -0.05) is 25.1 Å². The number of aryl methyl sites for hydroxylation is 1. The number of para-hydroxylation sites is 2. The largest absolute Gasteiger partial charge is 0.507 e. The monoisotopic (exact) mass is 257 g/mol. The van der Waals surface area contributed by atoms with Gasteiger partial charge in [-0.05, 0) is 36.2 Å². The lowest BCUT2D eigenvalue weighted by Crippen LogP contribution is -2.12. The molecule has 4 nitrogen and oxygen atoms in total. The summed E-state index contributed by atoms with van der Waals surface area (Å²) in [6.45, 7) is 1.97. The van der Waals surface area contributed by atoms with Gasteiger partial charge in [-0.3, -0.25) is 4.79 Å². The molecular weight excluding hydrogens is 242 g/mol. The number of amides is 1. The van der Waals surface area contributed by atoms with Gasteiger partial charge in [0.1, 0.15) is 11.5 Å². The fraction of sp³-hybridized carbons (Fsp3) is 0.133. The maximum atomic E-state index is 12.1. The van der Waals surface area contributed by atoms with Crippen LogP contribution in [0, 0.1) is 0 Å². The summed E-state index contributed by atoms with van der Waals surface area (Å²) in [6.07, 6.45) is 0.775. The summed E-state index contributed by atoms with van der Waals surface area (Å²) in [5, 5.41) is 21.9. The summed E-state index contributed by atoms with van der Waals surface area (Å²) in [6, 6.07) is 11.4. The molecule has 4 heteroatoms. The number of phenols is 2. The maximum absolute atomic E-state index is 12.1. The molecule has 0 fully saturated rings. The van der Waals surface area contributed by atoms with Crippen LogP contribution < -0.4 is 5.32 Å². The van der Waals surface area contributed by atoms with Crippen molar-refractivity contribution >= 4 is 11.6 Å². The zero-order chi connectivity index (χ0) is 13.8. The van der Waals surface area contributed by atoms with Crippen molar-refractivity contribution in [3.63, 3.8) is 0 Å². The van der Waals surface area contributed by atoms with E-state index in [1.807, 2.05) is 6.92 Å². The second kappa shape index (κ2) is 5.44. The molecule has 0 aromatic heterocycles. The Labute approximate surface area is 111 Å². The van der Waals surface area contributed by atoms with Crippen molar-refractivity contribution < 1.29 is 15.0 Å². The molecule has 0 unspecified atom stereocenters. The SMILES string of the molecule is CCc1ccc(O)c(C(=O)Nc2ccccc2O)c1. The average Bonchev–Trinajstić information content (AvgIpc) is 2.42. The Morgan fingerprint density at radius 3 is 2.53 bits per heavy atom. The molecule has 1 amide bonds. The zero-order valence-corrected chi connectivity index (χ0v) is 10.6. The van der Waals surface area contributed by atoms with Crippen LogP contribution in [0.3, 0.4) is 0 Å². The van der Waals surface area contributed by atoms with E-state index < -0.39 is 5.91 Å². The molecule has 0 saturated heterocycles. The van der Waals surface area contributed by atoms with Gasteiger partial charge < -0.3 is 15.5 Å². The molecule has 19 heavy (non-hydrogen) atoms. The third-order valence-corrected chi connectivity index (χ3v) is 2.87. The number of hydrogen-bond donors (Lipinski definition) is 3. The highest BCUT2D eigenvalue weighted by molar-refractivity contribution is 6.06. The van der Waals surface area contributed by atoms with E-state index in [0.29, 0.717) is 5.69 Å². The number of anilines is 1. The summed E-state index contributed by atoms with van der Waals surface area (Å²) < 4.78 is 0. The predicted octanol–water partition coefficient (Wildman–Crippen LogP) is 2.91. The van der Waals surface area contributed by atoms with Crippen LogP contribution in [0.15, 0.2) is 42.5 Å². The van der Waals surface area contributed by atoms with Crippen molar-refractivity contribution in [3.05, 3.63) is 53.6 Å². The van der Waals surface area contributed by atoms with Crippen LogP contribution in [0.1, 0.15) is 22.8 Å². The van der Waals surface area contributed by atoms with Gasteiger partial charge in [0.05, 0.1) is 11.3 Å². The summed E-state index contributed by atoms with van der Waals surface area (Å²) in [7, 11) is 0. The normalized spacial score (nSPS) is 10.2. The summed E-state index contributed by atoms with van der Waals surface area (Å²) in [5.74, 6) is -0.540. The number of rotatable bonds is 3. The minimum Gasteiger partial charge on any atom is -0.507 e. The Hall–Kier alpha value is -2.49. The molecule has 0 saturated carbocycles. The van der Waals surface area contributed by atoms with E-state index in [0.717, 1.165) is 12.0 Å². The van der Waals surface area contributed by atoms with Crippen molar-refractivity contribution in [2.75, 3.05) is 5.32 Å². The summed E-state index contributed by atoms with van der Waals surface area (Å²) in [5.41, 5.74) is 1.47. The first-order valence-corrected chi connectivity index (χ1v) is 6.03. The van der Waals surface area contributed by atoms with E-state index in [-0.39, 0.29) is 17.1 Å². The number of carbonyl (C=O) groups is 1. The Morgan fingerprint density at radius 1 is 1.11 bits per heavy atom. The molecule has 2 aromatic rings. The van der Waals surface area contributed by atoms with Gasteiger partial charge in [-0.2, -0.15) is 0 Å². The number of aromatic hydroxyl groups is 2. The molecule has 98 valence electrons. The lowest BCUT2D eigenvalue weighted by Gasteiger charge is -2.09. The first-order chi connectivity index (χ1) is 9.11. The zero-order valence-electron chi connectivity index (χ0n) is 10.6. The van der Waals surface area contributed by atoms with Gasteiger partial charge in [0, 0.05) is 0 Å². The third kappa shape index (κ3) is 2.85. The Morgan fingerprint density at radius 2 is 1.84 bits per heavy atom. The molecule has 2 aromatic carbocycles. The maximum Gasteiger partial charge on any atom is 0.259 e. The fourth-order valence-corrected chi connectivity index (χ4v) is 1.75. The summed E-state index contributed by atoms with van der Waals surface area (Å²) >= 11 is 0. The van der Waals surface area contributed by atoms with Crippen molar-refractivity contribution in [3.8, 4) is 11.5 Å². The van der Waals surface area contributed by atoms with Gasteiger partial charge in [0.25, 0.3) is 5.91 Å². The van der Waals surface area contributed by atoms with E-state index >= 15 is 0 Å². The Bertz CT molecular complexity index is 608. The number of phenolic OH excluding ortho intramolecular Hbond substituents is 2. The number of carbonyl (C=O) groups excluding carboxylic acids is 1. The number of benzene rings is 2. The lowest BCUT2D eigenvalue weighted by atomic mass is 10.1. The van der Waals surface area contributed by atoms with Crippen molar-refractivity contribution in [2.45, 2.75) is 13.3 Å². The Kier molecular flexibility index (Phi) is 3.71. The van der Waals surface area contributed by atoms with E-state index in [2.05, 4.69) is 5.32 Å². The second-order valence-corrected chi connectivity index (χ2v) is 4.18. The fourth-order valence-electron chi connectivity index (χ4n) is 1.75. The first kappa shape index (κ1) is 13.0. The van der Waals surface area contributed by atoms with E-state index in [1.165, 1.54) is 12.1 Å². The van der Waals surface area contributed by atoms with E-state index in [9.17, 15) is 15.0 Å². The van der Waals surface area contributed by atoms with Crippen LogP contribution in [0.2, 0.25) is 0 Å². The standard InChI is InChI=1S/C15H15NO3/c1-2-10-7-8-13(17)11(9-10)15(19)16-12-5-3-4-6-14(12)18/h3-9,17-18H,2H2,1H3,(H,16,19). The van der Waals surface area contributed by atoms with Crippen LogP contribution in [0.5, 0.6) is 11.5 Å². The first-order valence-electron chi connectivity index (χ1n) is 6.03. The highest BCUT2D eigenvalue weighted by Gasteiger charge is 2.13. The minimum atomic E-state index is -0.450. The number of hydrogen-bond acceptors (Lipinski definition) is 3. The van der Waals surface area contributed by atoms with Crippen molar-refractivity contribution in [2.24, 2.45) is 0 Å². The van der Waals surface area contributed by atoms with Crippen LogP contribution >= 0.6 is 0 Å². The van der Waals surface area contributed by atoms with Gasteiger partial charge in [-0.15, -0.1) is 0 Å². The molecule has 0 atom stereocenters. The second-order valence-electron chi connectivity index (χ2n) is 4.18. The van der Waals surface area contributed by atoms with Gasteiger partial charge in [0.15, 0.2) is 0 Å². The molecule has 2 rings (SSSR count). The average molecular weight is 257 g/mol. The van der Waals surface area contributed by atoms with Gasteiger partial charge in [-0.25, -0.2) is 0 Å². The van der Waals surface area contributed by atoms with E-state index in [4.69, 9.17) is 0 Å². The van der Waals surface area contributed by atoms with Crippen molar-refractivity contribution in [1.82, 2.24) is 0 Å². The molecule has 0 heterocycles. The molecule has 0 aliphatic carbocycles. The molecule has 0 aliphatic rings. The van der Waals surface area contributed by atoms with Gasteiger partial charge in [0.2, 0.25) is 0 Å². The number of nitrogens with one attached hydrogen (secondary N) is 1. The molecule has 0 bridgehead atoms. The molecular formula is C15H15NO3. The Balaban J connectivity index is 2.28. The smallest absolute Gasteiger partial charge is 0.259 e. The van der Waals surface area contributed by atoms with Gasteiger partial charge >= 0.3 is 0 Å². The quantitative estimate of drug-likeness (QED) is 0.740. The minimum absolute atomic E-state index is 0.0121. The molecule has 3 N–H and O–H groups in total. The topological polar surface area (TPSA) is 69.6 Å². The van der Waals surface area contributed by atoms with Crippen LogP contribution in [0.25, 0.3) is 0 Å². The molecule has 0 aliphatic heterocycles. The van der Waals surface area contributed by atoms with Crippen molar-refractivity contribution in [1.29, 1.82) is 0 Å². The van der Waals surface area contributed by atoms with Crippen LogP contribution in [-0.2, 0) is 6.42 Å². The van der Waals surface area contributed by atoms with Crippen LogP contribution in [0.4, 0.5) is 5.69 Å². The highest BCUT2D eigenvalue weighted by Crippen LogP contribution is 2.25. The van der Waals surface area contributed by atoms with E-state index in [1.54, 1.807) is 30.3 Å². The summed E-state index contributed by atoms with van der Waals surface area (Å²) in [4.78, 5) is 12.1.